The monoisotopic (exact) mass is 356 g/mol. The third-order valence-electron chi connectivity index (χ3n) is 3.72. The number of sulfone groups is 1. The summed E-state index contributed by atoms with van der Waals surface area (Å²) >= 11 is 0. The second kappa shape index (κ2) is 6.58. The number of benzene rings is 1. The molecule has 2 heterocycles. The van der Waals surface area contributed by atoms with Crippen LogP contribution in [0.2, 0.25) is 0 Å². The van der Waals surface area contributed by atoms with Gasteiger partial charge < -0.3 is 14.4 Å². The van der Waals surface area contributed by atoms with Gasteiger partial charge in [-0.25, -0.2) is 12.8 Å². The van der Waals surface area contributed by atoms with Gasteiger partial charge in [0, 0.05) is 6.61 Å². The topological polar surface area (TPSA) is 103 Å². The average molecular weight is 356 g/mol. The highest BCUT2D eigenvalue weighted by Gasteiger charge is 2.36. The summed E-state index contributed by atoms with van der Waals surface area (Å²) in [7, 11) is -3.69. The van der Waals surface area contributed by atoms with Crippen LogP contribution in [0, 0.1) is 5.82 Å². The van der Waals surface area contributed by atoms with Crippen molar-refractivity contribution in [1.29, 1.82) is 0 Å². The summed E-state index contributed by atoms with van der Waals surface area (Å²) in [5.41, 5.74) is -1.27. The quantitative estimate of drug-likeness (QED) is 0.862. The molecule has 1 fully saturated rings. The minimum absolute atomic E-state index is 0.0157. The Bertz CT molecular complexity index is 815. The lowest BCUT2D eigenvalue weighted by Gasteiger charge is -2.31. The van der Waals surface area contributed by atoms with E-state index in [2.05, 4.69) is 10.1 Å². The molecule has 0 saturated carbocycles. The fraction of sp³-hybridized carbons (Fsp3) is 0.467. The maximum Gasteiger partial charge on any atom is 0.242 e. The van der Waals surface area contributed by atoms with E-state index in [4.69, 9.17) is 9.26 Å². The van der Waals surface area contributed by atoms with Crippen LogP contribution in [0.15, 0.2) is 28.8 Å². The minimum Gasteiger partial charge on any atom is -0.386 e. The molecule has 0 amide bonds. The molecule has 1 aromatic heterocycles. The molecule has 1 aliphatic heterocycles. The fourth-order valence-corrected chi connectivity index (χ4v) is 4.31. The largest absolute Gasteiger partial charge is 0.386 e. The second-order valence-corrected chi connectivity index (χ2v) is 7.97. The Kier molecular flexibility index (Phi) is 4.66. The fourth-order valence-electron chi connectivity index (χ4n) is 2.67. The van der Waals surface area contributed by atoms with Gasteiger partial charge in [0.25, 0.3) is 0 Å². The molecular weight excluding hydrogens is 339 g/mol. The van der Waals surface area contributed by atoms with Gasteiger partial charge in [0.05, 0.1) is 17.9 Å². The van der Waals surface area contributed by atoms with Crippen LogP contribution in [0.25, 0.3) is 11.4 Å². The van der Waals surface area contributed by atoms with Gasteiger partial charge in [-0.1, -0.05) is 17.3 Å². The number of rotatable bonds is 5. The molecule has 0 spiro atoms. The Balaban J connectivity index is 1.73. The van der Waals surface area contributed by atoms with Crippen molar-refractivity contribution in [3.05, 3.63) is 36.0 Å². The van der Waals surface area contributed by atoms with Crippen molar-refractivity contribution in [2.45, 2.75) is 24.2 Å². The molecule has 24 heavy (non-hydrogen) atoms. The minimum atomic E-state index is -3.69. The van der Waals surface area contributed by atoms with Crippen molar-refractivity contribution in [3.63, 3.8) is 0 Å². The van der Waals surface area contributed by atoms with Crippen LogP contribution in [0.1, 0.15) is 18.7 Å². The van der Waals surface area contributed by atoms with E-state index in [-0.39, 0.29) is 23.9 Å². The normalized spacial score (nSPS) is 21.8. The first-order chi connectivity index (χ1) is 11.4. The molecule has 9 heteroatoms. The Hall–Kier alpha value is -1.84. The van der Waals surface area contributed by atoms with Crippen LogP contribution in [0.3, 0.4) is 0 Å². The van der Waals surface area contributed by atoms with Gasteiger partial charge in [-0.15, -0.1) is 0 Å². The first-order valence-corrected chi connectivity index (χ1v) is 9.27. The predicted molar refractivity (Wildman–Crippen MR) is 82.2 cm³/mol. The van der Waals surface area contributed by atoms with Crippen molar-refractivity contribution in [3.8, 4) is 11.4 Å². The van der Waals surface area contributed by atoms with E-state index in [0.29, 0.717) is 19.4 Å². The van der Waals surface area contributed by atoms with Crippen LogP contribution < -0.4 is 0 Å². The highest BCUT2D eigenvalue weighted by atomic mass is 32.2. The molecule has 0 radical (unpaired) electrons. The number of aliphatic hydroxyl groups is 1. The number of aromatic nitrogens is 2. The van der Waals surface area contributed by atoms with Crippen molar-refractivity contribution in [1.82, 2.24) is 10.1 Å². The number of halogens is 1. The van der Waals surface area contributed by atoms with E-state index < -0.39 is 32.8 Å². The van der Waals surface area contributed by atoms with Crippen molar-refractivity contribution in [2.24, 2.45) is 0 Å². The van der Waals surface area contributed by atoms with Gasteiger partial charge in [-0.3, -0.25) is 0 Å². The van der Waals surface area contributed by atoms with Gasteiger partial charge >= 0.3 is 0 Å². The van der Waals surface area contributed by atoms with E-state index in [0.717, 1.165) is 0 Å². The molecule has 0 aliphatic carbocycles. The van der Waals surface area contributed by atoms with Crippen molar-refractivity contribution >= 4 is 9.84 Å². The third kappa shape index (κ3) is 3.97. The summed E-state index contributed by atoms with van der Waals surface area (Å²) in [6.07, 6.45) is 0.959. The lowest BCUT2D eigenvalue weighted by atomic mass is 9.99. The van der Waals surface area contributed by atoms with Crippen LogP contribution in [-0.2, 0) is 20.3 Å². The molecule has 1 saturated heterocycles. The van der Waals surface area contributed by atoms with Gasteiger partial charge in [0.15, 0.2) is 9.84 Å². The third-order valence-corrected chi connectivity index (χ3v) is 5.38. The average Bonchev–Trinajstić information content (AvgIpc) is 2.94. The molecule has 1 aliphatic rings. The van der Waals surface area contributed by atoms with E-state index >= 15 is 0 Å². The molecule has 3 rings (SSSR count). The Morgan fingerprint density at radius 3 is 2.83 bits per heavy atom. The SMILES string of the molecule is O=S(=O)(Cc1nc(-c2ccccc2F)no1)CC1(O)CCCOC1. The number of nitrogens with zero attached hydrogens (tertiary/aromatic N) is 2. The molecule has 1 aromatic carbocycles. The van der Waals surface area contributed by atoms with E-state index in [1.807, 2.05) is 0 Å². The van der Waals surface area contributed by atoms with E-state index in [1.165, 1.54) is 18.2 Å². The van der Waals surface area contributed by atoms with Crippen LogP contribution in [0.4, 0.5) is 4.39 Å². The maximum absolute atomic E-state index is 13.7. The van der Waals surface area contributed by atoms with Gasteiger partial charge in [0.1, 0.15) is 17.2 Å². The first kappa shape index (κ1) is 17.0. The second-order valence-electron chi connectivity index (χ2n) is 5.90. The van der Waals surface area contributed by atoms with E-state index in [9.17, 15) is 17.9 Å². The molecule has 0 bridgehead atoms. The standard InChI is InChI=1S/C15H17FN2O5S/c16-12-5-2-1-4-11(12)14-17-13(23-18-14)8-24(20,21)10-15(19)6-3-7-22-9-15/h1-2,4-5,19H,3,6-10H2. The van der Waals surface area contributed by atoms with Crippen LogP contribution in [0.5, 0.6) is 0 Å². The Morgan fingerprint density at radius 1 is 1.33 bits per heavy atom. The van der Waals surface area contributed by atoms with Crippen LogP contribution >= 0.6 is 0 Å². The zero-order chi connectivity index (χ0) is 17.2. The molecule has 1 N–H and O–H groups in total. The zero-order valence-electron chi connectivity index (χ0n) is 12.8. The summed E-state index contributed by atoms with van der Waals surface area (Å²) in [4.78, 5) is 3.93. The van der Waals surface area contributed by atoms with E-state index in [1.54, 1.807) is 6.07 Å². The zero-order valence-corrected chi connectivity index (χ0v) is 13.6. The Morgan fingerprint density at radius 2 is 2.12 bits per heavy atom. The van der Waals surface area contributed by atoms with Crippen LogP contribution in [-0.4, -0.2) is 48.2 Å². The smallest absolute Gasteiger partial charge is 0.242 e. The van der Waals surface area contributed by atoms with Crippen molar-refractivity contribution in [2.75, 3.05) is 19.0 Å². The lowest BCUT2D eigenvalue weighted by molar-refractivity contribution is -0.0706. The first-order valence-electron chi connectivity index (χ1n) is 7.45. The van der Waals surface area contributed by atoms with Gasteiger partial charge in [-0.05, 0) is 25.0 Å². The van der Waals surface area contributed by atoms with Gasteiger partial charge in [0.2, 0.25) is 11.7 Å². The summed E-state index contributed by atoms with van der Waals surface area (Å²) in [6, 6.07) is 5.86. The maximum atomic E-state index is 13.7. The molecule has 1 atom stereocenters. The molecule has 7 nitrogen and oxygen atoms in total. The summed E-state index contributed by atoms with van der Waals surface area (Å²) < 4.78 is 48.3. The summed E-state index contributed by atoms with van der Waals surface area (Å²) in [5.74, 6) is -1.65. The predicted octanol–water partition coefficient (Wildman–Crippen LogP) is 1.33. The number of hydrogen-bond acceptors (Lipinski definition) is 7. The highest BCUT2D eigenvalue weighted by molar-refractivity contribution is 7.90. The molecule has 1 unspecified atom stereocenters. The summed E-state index contributed by atoms with van der Waals surface area (Å²) in [5, 5.41) is 13.9. The molecule has 130 valence electrons. The number of hydrogen-bond donors (Lipinski definition) is 1. The highest BCUT2D eigenvalue weighted by Crippen LogP contribution is 2.23. The number of ether oxygens (including phenoxy) is 1. The van der Waals surface area contributed by atoms with Gasteiger partial charge in [-0.2, -0.15) is 4.98 Å². The Labute approximate surface area is 138 Å². The van der Waals surface area contributed by atoms with Crippen molar-refractivity contribution < 1.29 is 27.2 Å². The lowest BCUT2D eigenvalue weighted by Crippen LogP contribution is -2.44. The molecular formula is C15H17FN2O5S. The summed E-state index contributed by atoms with van der Waals surface area (Å²) in [6.45, 7) is 0.495. The molecule has 2 aromatic rings.